The fourth-order valence-corrected chi connectivity index (χ4v) is 4.02. The van der Waals surface area contributed by atoms with E-state index in [0.29, 0.717) is 16.3 Å². The number of halogens is 3. The molecule has 1 aliphatic rings. The molecule has 0 saturated carbocycles. The minimum Gasteiger partial charge on any atom is -0.482 e. The smallest absolute Gasteiger partial charge is 0.166 e. The summed E-state index contributed by atoms with van der Waals surface area (Å²) in [6.07, 6.45) is 1.10. The first-order valence-electron chi connectivity index (χ1n) is 8.82. The highest BCUT2D eigenvalue weighted by Crippen LogP contribution is 2.37. The number of nitrogens with zero attached hydrogens (tertiary/aromatic N) is 1. The van der Waals surface area contributed by atoms with Crippen LogP contribution in [0.5, 0.6) is 5.75 Å². The lowest BCUT2D eigenvalue weighted by molar-refractivity contribution is 0.227. The molecule has 144 valence electrons. The van der Waals surface area contributed by atoms with Gasteiger partial charge in [-0.3, -0.25) is 0 Å². The van der Waals surface area contributed by atoms with Gasteiger partial charge >= 0.3 is 0 Å². The fraction of sp³-hybridized carbons (Fsp3) is 0.190. The summed E-state index contributed by atoms with van der Waals surface area (Å²) in [6.45, 7) is 3.47. The summed E-state index contributed by atoms with van der Waals surface area (Å²) in [7, 11) is 0. The largest absolute Gasteiger partial charge is 0.482 e. The highest BCUT2D eigenvalue weighted by Gasteiger charge is 2.20. The van der Waals surface area contributed by atoms with Crippen molar-refractivity contribution in [3.8, 4) is 16.9 Å². The predicted molar refractivity (Wildman–Crippen MR) is 110 cm³/mol. The molecule has 1 aromatic heterocycles. The fourth-order valence-electron chi connectivity index (χ4n) is 3.35. The van der Waals surface area contributed by atoms with E-state index in [2.05, 4.69) is 22.4 Å². The Morgan fingerprint density at radius 2 is 1.89 bits per heavy atom. The summed E-state index contributed by atoms with van der Waals surface area (Å²) in [5, 5.41) is 3.60. The number of pyridine rings is 1. The number of hydrogen-bond donors (Lipinski definition) is 2. The number of anilines is 1. The van der Waals surface area contributed by atoms with Crippen molar-refractivity contribution in [3.63, 3.8) is 0 Å². The van der Waals surface area contributed by atoms with Gasteiger partial charge < -0.3 is 15.8 Å². The molecule has 28 heavy (non-hydrogen) atoms. The van der Waals surface area contributed by atoms with Crippen LogP contribution in [-0.2, 0) is 13.1 Å². The maximum Gasteiger partial charge on any atom is 0.166 e. The van der Waals surface area contributed by atoms with E-state index in [9.17, 15) is 4.39 Å². The van der Waals surface area contributed by atoms with Crippen molar-refractivity contribution in [1.82, 2.24) is 10.3 Å². The summed E-state index contributed by atoms with van der Waals surface area (Å²) in [5.74, 6) is 0.0743. The van der Waals surface area contributed by atoms with Gasteiger partial charge in [0.1, 0.15) is 11.9 Å². The Hall–Kier alpha value is -2.34. The normalized spacial score (nSPS) is 14.0. The second-order valence-corrected chi connectivity index (χ2v) is 7.50. The van der Waals surface area contributed by atoms with E-state index in [1.807, 2.05) is 12.1 Å². The van der Waals surface area contributed by atoms with Crippen LogP contribution in [0.2, 0.25) is 10.0 Å². The third-order valence-corrected chi connectivity index (χ3v) is 5.56. The summed E-state index contributed by atoms with van der Waals surface area (Å²) in [4.78, 5) is 4.26. The number of nitrogens with two attached hydrogens (primary N) is 1. The number of aromatic nitrogens is 1. The van der Waals surface area contributed by atoms with Crippen LogP contribution in [0.15, 0.2) is 42.6 Å². The summed E-state index contributed by atoms with van der Waals surface area (Å²) >= 11 is 12.3. The van der Waals surface area contributed by atoms with Crippen LogP contribution in [-0.4, -0.2) is 4.98 Å². The van der Waals surface area contributed by atoms with Gasteiger partial charge in [-0.1, -0.05) is 35.3 Å². The molecule has 0 unspecified atom stereocenters. The first-order chi connectivity index (χ1) is 13.4. The number of hydrogen-bond acceptors (Lipinski definition) is 4. The van der Waals surface area contributed by atoms with E-state index in [4.69, 9.17) is 33.7 Å². The van der Waals surface area contributed by atoms with E-state index >= 15 is 0 Å². The van der Waals surface area contributed by atoms with Crippen molar-refractivity contribution in [1.29, 1.82) is 0 Å². The number of ether oxygens (including phenoxy) is 1. The van der Waals surface area contributed by atoms with Crippen LogP contribution in [0, 0.1) is 5.82 Å². The van der Waals surface area contributed by atoms with E-state index in [-0.39, 0.29) is 10.8 Å². The second-order valence-electron chi connectivity index (χ2n) is 6.71. The molecule has 3 N–H and O–H groups in total. The van der Waals surface area contributed by atoms with Crippen molar-refractivity contribution in [2.45, 2.75) is 26.1 Å². The van der Waals surface area contributed by atoms with Gasteiger partial charge in [0.2, 0.25) is 0 Å². The molecule has 1 atom stereocenters. The summed E-state index contributed by atoms with van der Waals surface area (Å²) in [6, 6.07) is 10.8. The average Bonchev–Trinajstić information content (AvgIpc) is 3.14. The van der Waals surface area contributed by atoms with Crippen molar-refractivity contribution in [2.24, 2.45) is 0 Å². The molecule has 2 aromatic carbocycles. The Morgan fingerprint density at radius 3 is 2.71 bits per heavy atom. The van der Waals surface area contributed by atoms with Crippen molar-refractivity contribution < 1.29 is 9.13 Å². The molecule has 0 radical (unpaired) electrons. The van der Waals surface area contributed by atoms with Crippen molar-refractivity contribution in [3.05, 3.63) is 75.1 Å². The number of fused-ring (bicyclic) bond motifs is 1. The molecule has 7 heteroatoms. The van der Waals surface area contributed by atoms with Gasteiger partial charge in [0, 0.05) is 35.4 Å². The second kappa shape index (κ2) is 7.59. The Balaban J connectivity index is 1.66. The van der Waals surface area contributed by atoms with Gasteiger partial charge in [-0.2, -0.15) is 0 Å². The van der Waals surface area contributed by atoms with Crippen LogP contribution in [0.3, 0.4) is 0 Å². The zero-order valence-corrected chi connectivity index (χ0v) is 16.6. The van der Waals surface area contributed by atoms with Gasteiger partial charge in [-0.05, 0) is 47.9 Å². The third kappa shape index (κ3) is 3.53. The molecule has 3 aromatic rings. The lowest BCUT2D eigenvalue weighted by atomic mass is 10.0. The molecule has 2 heterocycles. The topological polar surface area (TPSA) is 60.2 Å². The van der Waals surface area contributed by atoms with E-state index in [1.165, 1.54) is 23.3 Å². The quantitative estimate of drug-likeness (QED) is 0.548. The van der Waals surface area contributed by atoms with Crippen molar-refractivity contribution in [2.75, 3.05) is 5.73 Å². The first-order valence-corrected chi connectivity index (χ1v) is 9.58. The van der Waals surface area contributed by atoms with E-state index < -0.39 is 11.9 Å². The summed E-state index contributed by atoms with van der Waals surface area (Å²) < 4.78 is 19.8. The van der Waals surface area contributed by atoms with Gasteiger partial charge in [0.15, 0.2) is 11.6 Å². The Morgan fingerprint density at radius 1 is 1.11 bits per heavy atom. The number of nitrogens with one attached hydrogen (secondary N) is 1. The van der Waals surface area contributed by atoms with Gasteiger partial charge in [0.25, 0.3) is 0 Å². The standard InChI is InChI=1S/C21H18Cl2FN3O/c1-11(19-16(22)4-5-17(24)20(19)23)28-18-7-15(10-27-21(18)25)12-2-3-13-8-26-9-14(13)6-12/h2-7,10-11,26H,8-9H2,1H3,(H2,25,27)/t11-/m1/s1. The van der Waals surface area contributed by atoms with Crippen LogP contribution >= 0.6 is 23.2 Å². The monoisotopic (exact) mass is 417 g/mol. The maximum atomic E-state index is 13.8. The zero-order chi connectivity index (χ0) is 19.8. The minimum atomic E-state index is -0.612. The maximum absolute atomic E-state index is 13.8. The molecule has 0 aliphatic carbocycles. The minimum absolute atomic E-state index is 0.0613. The SMILES string of the molecule is C[C@@H](Oc1cc(-c2ccc3c(c2)CNC3)cnc1N)c1c(Cl)ccc(F)c1Cl. The lowest BCUT2D eigenvalue weighted by Crippen LogP contribution is -2.08. The molecule has 0 amide bonds. The molecular weight excluding hydrogens is 400 g/mol. The number of rotatable bonds is 4. The first kappa shape index (κ1) is 19.0. The Kier molecular flexibility index (Phi) is 5.15. The molecule has 4 nitrogen and oxygen atoms in total. The molecule has 0 saturated heterocycles. The van der Waals surface area contributed by atoms with Crippen LogP contribution in [0.25, 0.3) is 11.1 Å². The number of benzene rings is 2. The summed E-state index contributed by atoms with van der Waals surface area (Å²) in [5.41, 5.74) is 10.8. The molecular formula is C21H18Cl2FN3O. The number of nitrogen functional groups attached to an aromatic ring is 1. The Labute approximate surface area is 172 Å². The lowest BCUT2D eigenvalue weighted by Gasteiger charge is -2.19. The van der Waals surface area contributed by atoms with Crippen molar-refractivity contribution >= 4 is 29.0 Å². The van der Waals surface area contributed by atoms with Crippen LogP contribution in [0.4, 0.5) is 10.2 Å². The third-order valence-electron chi connectivity index (χ3n) is 4.84. The van der Waals surface area contributed by atoms with Crippen LogP contribution in [0.1, 0.15) is 29.7 Å². The van der Waals surface area contributed by atoms with Gasteiger partial charge in [-0.15, -0.1) is 0 Å². The highest BCUT2D eigenvalue weighted by atomic mass is 35.5. The molecule has 0 bridgehead atoms. The molecule has 4 rings (SSSR count). The van der Waals surface area contributed by atoms with Crippen LogP contribution < -0.4 is 15.8 Å². The predicted octanol–water partition coefficient (Wildman–Crippen LogP) is 5.52. The molecule has 0 fully saturated rings. The van der Waals surface area contributed by atoms with E-state index in [0.717, 1.165) is 24.2 Å². The van der Waals surface area contributed by atoms with Gasteiger partial charge in [-0.25, -0.2) is 9.37 Å². The highest BCUT2D eigenvalue weighted by molar-refractivity contribution is 6.36. The van der Waals surface area contributed by atoms with E-state index in [1.54, 1.807) is 13.1 Å². The Bertz CT molecular complexity index is 1060. The molecule has 1 aliphatic heterocycles. The molecule has 0 spiro atoms. The average molecular weight is 418 g/mol. The zero-order valence-electron chi connectivity index (χ0n) is 15.1. The van der Waals surface area contributed by atoms with Gasteiger partial charge in [0.05, 0.1) is 5.02 Å².